The molecule has 3 aromatic carbocycles. The van der Waals surface area contributed by atoms with Gasteiger partial charge in [-0.25, -0.2) is 27.5 Å². The molecule has 0 aliphatic heterocycles. The van der Waals surface area contributed by atoms with Gasteiger partial charge in [-0.2, -0.15) is 5.10 Å². The van der Waals surface area contributed by atoms with E-state index >= 15 is 0 Å². The van der Waals surface area contributed by atoms with E-state index in [-0.39, 0.29) is 46.0 Å². The maximum atomic E-state index is 13.8. The monoisotopic (exact) mass is 642 g/mol. The van der Waals surface area contributed by atoms with Crippen molar-refractivity contribution in [2.24, 2.45) is 0 Å². The van der Waals surface area contributed by atoms with Gasteiger partial charge in [0.15, 0.2) is 17.3 Å². The Morgan fingerprint density at radius 1 is 0.915 bits per heavy atom. The minimum atomic E-state index is -1.09. The molecule has 14 heteroatoms. The third kappa shape index (κ3) is 6.12. The highest BCUT2D eigenvalue weighted by Gasteiger charge is 2.29. The molecule has 0 saturated carbocycles. The van der Waals surface area contributed by atoms with E-state index in [9.17, 15) is 37.5 Å². The number of hydrogen-bond donors (Lipinski definition) is 4. The number of fused-ring (bicyclic) bond motifs is 2. The number of carboxylic acid groups (broad SMARTS) is 1. The number of aromatic carboxylic acids is 1. The predicted molar refractivity (Wildman–Crippen MR) is 162 cm³/mol. The number of carbonyl (C=O) groups excluding carboxylic acids is 3. The maximum Gasteiger partial charge on any atom is 0.335 e. The molecule has 238 valence electrons. The normalized spacial score (nSPS) is 13.7. The molecule has 1 aliphatic carbocycles. The second kappa shape index (κ2) is 12.4. The topological polar surface area (TPSA) is 155 Å². The molecule has 0 unspecified atom stereocenters. The van der Waals surface area contributed by atoms with Crippen LogP contribution in [0.15, 0.2) is 66.9 Å². The Morgan fingerprint density at radius 3 is 2.40 bits per heavy atom. The van der Waals surface area contributed by atoms with Gasteiger partial charge < -0.3 is 21.1 Å². The second-order valence-electron chi connectivity index (χ2n) is 10.9. The molecule has 11 nitrogen and oxygen atoms in total. The lowest BCUT2D eigenvalue weighted by molar-refractivity contribution is 0.0695. The molecule has 2 aromatic heterocycles. The summed E-state index contributed by atoms with van der Waals surface area (Å²) in [4.78, 5) is 56.2. The van der Waals surface area contributed by atoms with Crippen LogP contribution in [0.4, 0.5) is 18.9 Å². The number of amides is 3. The lowest BCUT2D eigenvalue weighted by Gasteiger charge is -2.16. The van der Waals surface area contributed by atoms with E-state index in [0.717, 1.165) is 39.9 Å². The molecule has 47 heavy (non-hydrogen) atoms. The quantitative estimate of drug-likeness (QED) is 0.190. The third-order valence-electron chi connectivity index (χ3n) is 7.95. The summed E-state index contributed by atoms with van der Waals surface area (Å²) in [5, 5.41) is 21.8. The summed E-state index contributed by atoms with van der Waals surface area (Å²) >= 11 is 0. The number of anilines is 1. The number of benzene rings is 3. The van der Waals surface area contributed by atoms with Gasteiger partial charge >= 0.3 is 5.97 Å². The number of aromatic nitrogens is 3. The maximum absolute atomic E-state index is 13.8. The molecule has 3 amide bonds. The van der Waals surface area contributed by atoms with E-state index in [1.54, 1.807) is 13.0 Å². The highest BCUT2D eigenvalue weighted by Crippen LogP contribution is 2.35. The van der Waals surface area contributed by atoms with Crippen molar-refractivity contribution in [2.45, 2.75) is 32.4 Å². The fourth-order valence-corrected chi connectivity index (χ4v) is 5.55. The Hall–Kier alpha value is -6.05. The van der Waals surface area contributed by atoms with Crippen LogP contribution in [0.25, 0.3) is 5.65 Å². The molecular formula is C33H25F3N6O5. The minimum Gasteiger partial charge on any atom is -0.478 e. The van der Waals surface area contributed by atoms with Crippen LogP contribution in [0.2, 0.25) is 0 Å². The molecule has 5 aromatic rings. The van der Waals surface area contributed by atoms with Crippen LogP contribution in [0, 0.1) is 24.4 Å². The molecule has 1 atom stereocenters. The van der Waals surface area contributed by atoms with Crippen LogP contribution >= 0.6 is 0 Å². The Balaban J connectivity index is 1.33. The van der Waals surface area contributed by atoms with E-state index in [1.807, 2.05) is 0 Å². The first-order valence-electron chi connectivity index (χ1n) is 14.3. The van der Waals surface area contributed by atoms with Gasteiger partial charge in [-0.3, -0.25) is 14.4 Å². The van der Waals surface area contributed by atoms with Crippen LogP contribution in [0.5, 0.6) is 0 Å². The van der Waals surface area contributed by atoms with Crippen molar-refractivity contribution < 1.29 is 37.5 Å². The van der Waals surface area contributed by atoms with E-state index < -0.39 is 47.2 Å². The van der Waals surface area contributed by atoms with E-state index in [0.29, 0.717) is 18.4 Å². The van der Waals surface area contributed by atoms with Gasteiger partial charge in [-0.15, -0.1) is 0 Å². The van der Waals surface area contributed by atoms with Crippen LogP contribution in [0.1, 0.15) is 76.4 Å². The molecular weight excluding hydrogens is 617 g/mol. The summed E-state index contributed by atoms with van der Waals surface area (Å²) in [7, 11) is 0. The second-order valence-corrected chi connectivity index (χ2v) is 10.9. The molecule has 0 fully saturated rings. The minimum absolute atomic E-state index is 0.0957. The zero-order chi connectivity index (χ0) is 33.4. The number of hydrogen-bond acceptors (Lipinski definition) is 6. The molecule has 6 rings (SSSR count). The number of nitrogens with one attached hydrogen (secondary N) is 3. The van der Waals surface area contributed by atoms with Gasteiger partial charge in [0.1, 0.15) is 22.8 Å². The summed E-state index contributed by atoms with van der Waals surface area (Å²) in [6, 6.07) is 12.0. The van der Waals surface area contributed by atoms with E-state index in [4.69, 9.17) is 0 Å². The molecule has 0 radical (unpaired) electrons. The predicted octanol–water partition coefficient (Wildman–Crippen LogP) is 4.75. The van der Waals surface area contributed by atoms with Crippen LogP contribution in [-0.4, -0.2) is 43.4 Å². The number of nitrogens with zero attached hydrogens (tertiary/aromatic N) is 3. The van der Waals surface area contributed by atoms with Crippen molar-refractivity contribution in [3.63, 3.8) is 0 Å². The van der Waals surface area contributed by atoms with Crippen LogP contribution in [0.3, 0.4) is 0 Å². The van der Waals surface area contributed by atoms with E-state index in [1.165, 1.54) is 36.5 Å². The fraction of sp³-hybridized carbons (Fsp3) is 0.152. The summed E-state index contributed by atoms with van der Waals surface area (Å²) < 4.78 is 41.6. The van der Waals surface area contributed by atoms with Gasteiger partial charge in [0, 0.05) is 18.3 Å². The number of halogens is 3. The van der Waals surface area contributed by atoms with Crippen molar-refractivity contribution in [3.05, 3.63) is 129 Å². The summed E-state index contributed by atoms with van der Waals surface area (Å²) in [5.74, 6) is -5.81. The first kappa shape index (κ1) is 31.0. The highest BCUT2D eigenvalue weighted by atomic mass is 19.2. The smallest absolute Gasteiger partial charge is 0.335 e. The Labute approximate surface area is 264 Å². The largest absolute Gasteiger partial charge is 0.478 e. The highest BCUT2D eigenvalue weighted by molar-refractivity contribution is 6.09. The summed E-state index contributed by atoms with van der Waals surface area (Å²) in [6.07, 6.45) is 2.19. The van der Waals surface area contributed by atoms with Crippen molar-refractivity contribution in [3.8, 4) is 0 Å². The van der Waals surface area contributed by atoms with Gasteiger partial charge in [0.2, 0.25) is 0 Å². The lowest BCUT2D eigenvalue weighted by Crippen LogP contribution is -2.31. The van der Waals surface area contributed by atoms with Crippen molar-refractivity contribution in [1.29, 1.82) is 0 Å². The lowest BCUT2D eigenvalue weighted by atomic mass is 9.98. The standard InChI is InChI=1S/C33H25F3N6O5/c1-16-20-9-11-26(22(20)8-7-21(16)33(46)47)41-32(45)28-13-27(31(44)37-14-17-2-10-24(35)25(36)12-17)40-29-23(15-38-42(28)29)30(43)39-19-5-3-18(34)4-6-19/h2-8,10,12-13,15,26H,9,11,14H2,1H3,(H,37,44)(H,39,43)(H,41,45)(H,46,47)/t26-/m0/s1. The van der Waals surface area contributed by atoms with Crippen molar-refractivity contribution >= 4 is 35.0 Å². The molecule has 0 bridgehead atoms. The first-order chi connectivity index (χ1) is 22.5. The molecule has 4 N–H and O–H groups in total. The van der Waals surface area contributed by atoms with E-state index in [2.05, 4.69) is 26.0 Å². The number of carboxylic acids is 1. The van der Waals surface area contributed by atoms with Crippen LogP contribution < -0.4 is 16.0 Å². The zero-order valence-corrected chi connectivity index (χ0v) is 24.6. The Morgan fingerprint density at radius 2 is 1.68 bits per heavy atom. The Bertz CT molecular complexity index is 2100. The molecule has 0 saturated heterocycles. The van der Waals surface area contributed by atoms with Gasteiger partial charge in [-0.1, -0.05) is 12.1 Å². The zero-order valence-electron chi connectivity index (χ0n) is 24.6. The Kier molecular flexibility index (Phi) is 8.16. The van der Waals surface area contributed by atoms with Gasteiger partial charge in [0.25, 0.3) is 17.7 Å². The molecule has 2 heterocycles. The number of rotatable bonds is 8. The third-order valence-corrected chi connectivity index (χ3v) is 7.95. The molecule has 0 spiro atoms. The summed E-state index contributed by atoms with van der Waals surface area (Å²) in [6.45, 7) is 1.52. The average molecular weight is 643 g/mol. The van der Waals surface area contributed by atoms with Gasteiger partial charge in [0.05, 0.1) is 17.8 Å². The van der Waals surface area contributed by atoms with Crippen LogP contribution in [-0.2, 0) is 13.0 Å². The van der Waals surface area contributed by atoms with Crippen molar-refractivity contribution in [2.75, 3.05) is 5.32 Å². The fourth-order valence-electron chi connectivity index (χ4n) is 5.55. The van der Waals surface area contributed by atoms with Crippen molar-refractivity contribution in [1.82, 2.24) is 25.2 Å². The first-order valence-corrected chi connectivity index (χ1v) is 14.3. The average Bonchev–Trinajstić information content (AvgIpc) is 3.67. The molecule has 1 aliphatic rings. The number of carbonyl (C=O) groups is 4. The van der Waals surface area contributed by atoms with Gasteiger partial charge in [-0.05, 0) is 84.5 Å². The summed E-state index contributed by atoms with van der Waals surface area (Å²) in [5.41, 5.74) is 2.27. The SMILES string of the molecule is Cc1c(C(=O)O)ccc2c1CC[C@@H]2NC(=O)c1cc(C(=O)NCc2ccc(F)c(F)c2)nc2c(C(=O)Nc3ccc(F)cc3)cnn12.